The Morgan fingerprint density at radius 3 is 2.41 bits per heavy atom. The number of nitrogens with zero attached hydrogens (tertiary/aromatic N) is 2. The van der Waals surface area contributed by atoms with Crippen molar-refractivity contribution in [2.45, 2.75) is 13.8 Å². The van der Waals surface area contributed by atoms with Crippen LogP contribution in [0, 0.1) is 0 Å². The largest absolute Gasteiger partial charge is 0.510 e. The van der Waals surface area contributed by atoms with Crippen molar-refractivity contribution in [2.24, 2.45) is 10.2 Å². The quantitative estimate of drug-likeness (QED) is 0.371. The highest BCUT2D eigenvalue weighted by Crippen LogP contribution is 2.38. The Labute approximate surface area is 133 Å². The number of benzene rings is 1. The highest BCUT2D eigenvalue weighted by Gasteiger charge is 2.15. The highest BCUT2D eigenvalue weighted by molar-refractivity contribution is 6.32. The number of rotatable bonds is 6. The first kappa shape index (κ1) is 17.8. The van der Waals surface area contributed by atoms with E-state index in [2.05, 4.69) is 10.2 Å². The van der Waals surface area contributed by atoms with E-state index >= 15 is 0 Å². The molecule has 0 unspecified atom stereocenters. The van der Waals surface area contributed by atoms with Gasteiger partial charge in [0.25, 0.3) is 0 Å². The molecule has 1 N–H and O–H groups in total. The van der Waals surface area contributed by atoms with Crippen molar-refractivity contribution in [1.82, 2.24) is 0 Å². The van der Waals surface area contributed by atoms with Gasteiger partial charge in [0, 0.05) is 6.07 Å². The molecule has 1 aromatic rings. The van der Waals surface area contributed by atoms with Crippen molar-refractivity contribution in [3.05, 3.63) is 28.6 Å². The topological polar surface area (TPSA) is 89.7 Å². The molecule has 0 fully saturated rings. The number of hydrogen-bond donors (Lipinski definition) is 1. The molecule has 7 nitrogen and oxygen atoms in total. The third-order valence-electron chi connectivity index (χ3n) is 2.52. The van der Waals surface area contributed by atoms with Crippen molar-refractivity contribution in [3.8, 4) is 11.5 Å². The van der Waals surface area contributed by atoms with E-state index in [9.17, 15) is 9.90 Å². The van der Waals surface area contributed by atoms with Crippen molar-refractivity contribution in [3.63, 3.8) is 0 Å². The Bertz CT molecular complexity index is 609. The fraction of sp³-hybridized carbons (Fsp3) is 0.357. The molecule has 0 spiro atoms. The Morgan fingerprint density at radius 1 is 1.27 bits per heavy atom. The summed E-state index contributed by atoms with van der Waals surface area (Å²) in [5.41, 5.74) is -0.0211. The summed E-state index contributed by atoms with van der Waals surface area (Å²) in [5, 5.41) is 17.4. The zero-order valence-corrected chi connectivity index (χ0v) is 13.5. The predicted molar refractivity (Wildman–Crippen MR) is 81.0 cm³/mol. The van der Waals surface area contributed by atoms with Crippen molar-refractivity contribution < 1.29 is 24.1 Å². The lowest BCUT2D eigenvalue weighted by atomic mass is 10.3. The van der Waals surface area contributed by atoms with Gasteiger partial charge < -0.3 is 19.3 Å². The summed E-state index contributed by atoms with van der Waals surface area (Å²) in [5.74, 6) is -0.314. The van der Waals surface area contributed by atoms with Crippen molar-refractivity contribution >= 4 is 23.3 Å². The summed E-state index contributed by atoms with van der Waals surface area (Å²) in [6.07, 6.45) is 0. The Balaban J connectivity index is 3.19. The number of hydrogen-bond acceptors (Lipinski definition) is 7. The van der Waals surface area contributed by atoms with Gasteiger partial charge in [0.2, 0.25) is 5.70 Å². The average Bonchev–Trinajstić information content (AvgIpc) is 2.47. The SMILES string of the molecule is CCOC(=O)/C(N=Nc1cc(Cl)c(OC)cc1OC)=C(/C)O. The van der Waals surface area contributed by atoms with Gasteiger partial charge in [0.1, 0.15) is 22.9 Å². The maximum atomic E-state index is 11.7. The Kier molecular flexibility index (Phi) is 6.65. The van der Waals surface area contributed by atoms with Crippen LogP contribution in [0.1, 0.15) is 13.8 Å². The van der Waals surface area contributed by atoms with Crippen LogP contribution in [0.4, 0.5) is 5.69 Å². The van der Waals surface area contributed by atoms with Gasteiger partial charge in [-0.1, -0.05) is 11.6 Å². The zero-order chi connectivity index (χ0) is 16.7. The number of carbonyl (C=O) groups is 1. The molecule has 8 heteroatoms. The molecule has 0 heterocycles. The number of aliphatic hydroxyl groups excluding tert-OH is 1. The van der Waals surface area contributed by atoms with Crippen LogP contribution in [0.5, 0.6) is 11.5 Å². The number of azo groups is 1. The van der Waals surface area contributed by atoms with E-state index in [4.69, 9.17) is 25.8 Å². The third kappa shape index (κ3) is 4.36. The van der Waals surface area contributed by atoms with Crippen LogP contribution in [0.15, 0.2) is 33.8 Å². The monoisotopic (exact) mass is 328 g/mol. The van der Waals surface area contributed by atoms with Crippen LogP contribution in [-0.4, -0.2) is 31.9 Å². The van der Waals surface area contributed by atoms with E-state index in [1.165, 1.54) is 33.3 Å². The fourth-order valence-electron chi connectivity index (χ4n) is 1.49. The number of halogens is 1. The minimum atomic E-state index is -0.773. The molecule has 22 heavy (non-hydrogen) atoms. The van der Waals surface area contributed by atoms with E-state index < -0.39 is 5.97 Å². The van der Waals surface area contributed by atoms with Crippen LogP contribution in [0.25, 0.3) is 0 Å². The summed E-state index contributed by atoms with van der Waals surface area (Å²) < 4.78 is 15.0. The number of methoxy groups -OCH3 is 2. The summed E-state index contributed by atoms with van der Waals surface area (Å²) in [6, 6.07) is 3.01. The molecule has 0 amide bonds. The number of carbonyl (C=O) groups excluding carboxylic acids is 1. The summed E-state index contributed by atoms with van der Waals surface area (Å²) in [4.78, 5) is 11.7. The summed E-state index contributed by atoms with van der Waals surface area (Å²) in [7, 11) is 2.92. The minimum Gasteiger partial charge on any atom is -0.510 e. The normalized spacial score (nSPS) is 12.0. The van der Waals surface area contributed by atoms with E-state index in [0.717, 1.165) is 0 Å². The van der Waals surface area contributed by atoms with Crippen LogP contribution < -0.4 is 9.47 Å². The minimum absolute atomic E-state index is 0.156. The molecule has 0 atom stereocenters. The van der Waals surface area contributed by atoms with Gasteiger partial charge >= 0.3 is 5.97 Å². The molecule has 1 rings (SSSR count). The van der Waals surface area contributed by atoms with Crippen molar-refractivity contribution in [2.75, 3.05) is 20.8 Å². The lowest BCUT2D eigenvalue weighted by molar-refractivity contribution is -0.138. The maximum absolute atomic E-state index is 11.7. The fourth-order valence-corrected chi connectivity index (χ4v) is 1.72. The van der Waals surface area contributed by atoms with Crippen LogP contribution in [0.2, 0.25) is 5.02 Å². The first-order chi connectivity index (χ1) is 10.4. The second-order valence-corrected chi connectivity index (χ2v) is 4.42. The highest BCUT2D eigenvalue weighted by atomic mass is 35.5. The van der Waals surface area contributed by atoms with Gasteiger partial charge in [-0.2, -0.15) is 0 Å². The van der Waals surface area contributed by atoms with Gasteiger partial charge in [-0.15, -0.1) is 10.2 Å². The van der Waals surface area contributed by atoms with Crippen LogP contribution >= 0.6 is 11.6 Å². The molecular weight excluding hydrogens is 312 g/mol. The molecule has 0 radical (unpaired) electrons. The second kappa shape index (κ2) is 8.23. The molecule has 0 aromatic heterocycles. The second-order valence-electron chi connectivity index (χ2n) is 4.01. The number of allylic oxidation sites excluding steroid dienone is 1. The summed E-state index contributed by atoms with van der Waals surface area (Å²) in [6.45, 7) is 3.11. The van der Waals surface area contributed by atoms with E-state index in [-0.39, 0.29) is 23.8 Å². The molecule has 1 aromatic carbocycles. The molecule has 0 saturated heterocycles. The van der Waals surface area contributed by atoms with Gasteiger partial charge in [-0.25, -0.2) is 4.79 Å². The smallest absolute Gasteiger partial charge is 0.362 e. The summed E-state index contributed by atoms with van der Waals surface area (Å²) >= 11 is 6.01. The molecule has 120 valence electrons. The molecule has 0 aliphatic rings. The lowest BCUT2D eigenvalue weighted by Crippen LogP contribution is -2.07. The lowest BCUT2D eigenvalue weighted by Gasteiger charge is -2.08. The number of esters is 1. The molecule has 0 aliphatic carbocycles. The van der Waals surface area contributed by atoms with E-state index in [1.54, 1.807) is 6.92 Å². The molecular formula is C14H17ClN2O5. The van der Waals surface area contributed by atoms with E-state index in [0.29, 0.717) is 16.5 Å². The van der Waals surface area contributed by atoms with Gasteiger partial charge in [-0.05, 0) is 19.9 Å². The van der Waals surface area contributed by atoms with Gasteiger partial charge in [0.15, 0.2) is 0 Å². The zero-order valence-electron chi connectivity index (χ0n) is 12.7. The Morgan fingerprint density at radius 2 is 1.91 bits per heavy atom. The van der Waals surface area contributed by atoms with Gasteiger partial charge in [0.05, 0.1) is 25.8 Å². The van der Waals surface area contributed by atoms with E-state index in [1.807, 2.05) is 0 Å². The maximum Gasteiger partial charge on any atom is 0.362 e. The van der Waals surface area contributed by atoms with Crippen molar-refractivity contribution in [1.29, 1.82) is 0 Å². The number of aliphatic hydroxyl groups is 1. The Hall–Kier alpha value is -2.28. The number of ether oxygens (including phenoxy) is 3. The molecule has 0 bridgehead atoms. The average molecular weight is 329 g/mol. The molecule has 0 aliphatic heterocycles. The third-order valence-corrected chi connectivity index (χ3v) is 2.82. The van der Waals surface area contributed by atoms with Crippen LogP contribution in [-0.2, 0) is 9.53 Å². The van der Waals surface area contributed by atoms with Crippen LogP contribution in [0.3, 0.4) is 0 Å². The van der Waals surface area contributed by atoms with Gasteiger partial charge in [-0.3, -0.25) is 0 Å². The predicted octanol–water partition coefficient (Wildman–Crippen LogP) is 3.79. The first-order valence-corrected chi connectivity index (χ1v) is 6.72. The molecule has 0 saturated carbocycles. The first-order valence-electron chi connectivity index (χ1n) is 6.34. The standard InChI is InChI=1S/C14H17ClN2O5/c1-5-22-14(19)13(8(2)18)17-16-10-6-9(15)11(20-3)7-12(10)21-4/h6-7,18H,5H2,1-4H3/b13-8+,17-16?.